The molecule has 0 spiro atoms. The van der Waals surface area contributed by atoms with Gasteiger partial charge in [-0.2, -0.15) is 0 Å². The van der Waals surface area contributed by atoms with Crippen LogP contribution in [0.2, 0.25) is 0 Å². The number of nitrogens with zero attached hydrogens (tertiary/aromatic N) is 1. The van der Waals surface area contributed by atoms with Crippen molar-refractivity contribution in [2.75, 3.05) is 13.1 Å². The van der Waals surface area contributed by atoms with E-state index in [1.807, 2.05) is 13.8 Å². The molecule has 1 aliphatic rings. The topological polar surface area (TPSA) is 75.4 Å². The second kappa shape index (κ2) is 8.25. The third-order valence-corrected chi connectivity index (χ3v) is 4.24. The first kappa shape index (κ1) is 17.0. The van der Waals surface area contributed by atoms with Crippen molar-refractivity contribution in [1.82, 2.24) is 10.2 Å². The predicted molar refractivity (Wildman–Crippen MR) is 80.1 cm³/mol. The molecule has 0 aliphatic heterocycles. The molecule has 1 rings (SSSR count). The summed E-state index contributed by atoms with van der Waals surface area (Å²) in [6, 6.07) is -0.328. The van der Waals surface area contributed by atoms with Gasteiger partial charge in [-0.15, -0.1) is 0 Å². The van der Waals surface area contributed by atoms with Crippen molar-refractivity contribution < 1.29 is 9.59 Å². The van der Waals surface area contributed by atoms with Gasteiger partial charge in [-0.3, -0.25) is 9.59 Å². The molecular weight excluding hydrogens is 254 g/mol. The van der Waals surface area contributed by atoms with Crippen LogP contribution in [0.25, 0.3) is 0 Å². The normalized spacial score (nSPS) is 24.0. The summed E-state index contributed by atoms with van der Waals surface area (Å²) in [7, 11) is 0. The van der Waals surface area contributed by atoms with Crippen LogP contribution in [0.4, 0.5) is 0 Å². The van der Waals surface area contributed by atoms with Crippen molar-refractivity contribution in [1.29, 1.82) is 0 Å². The Bertz CT molecular complexity index is 329. The maximum atomic E-state index is 12.1. The van der Waals surface area contributed by atoms with Gasteiger partial charge in [0.15, 0.2) is 0 Å². The van der Waals surface area contributed by atoms with Gasteiger partial charge in [-0.1, -0.05) is 12.8 Å². The molecule has 5 heteroatoms. The van der Waals surface area contributed by atoms with E-state index >= 15 is 0 Å². The van der Waals surface area contributed by atoms with E-state index in [0.29, 0.717) is 19.5 Å². The smallest absolute Gasteiger partial charge is 0.244 e. The minimum absolute atomic E-state index is 0.0173. The number of likely N-dealkylation sites (N-methyl/N-ethyl adjacent to an activating group) is 1. The second-order valence-electron chi connectivity index (χ2n) is 5.71. The van der Waals surface area contributed by atoms with Gasteiger partial charge in [-0.25, -0.2) is 0 Å². The van der Waals surface area contributed by atoms with Gasteiger partial charge in [-0.05, 0) is 39.5 Å². The Morgan fingerprint density at radius 3 is 2.40 bits per heavy atom. The molecule has 116 valence electrons. The lowest BCUT2D eigenvalue weighted by atomic mass is 9.83. The van der Waals surface area contributed by atoms with Gasteiger partial charge in [0.1, 0.15) is 6.04 Å². The van der Waals surface area contributed by atoms with Crippen molar-refractivity contribution in [3.8, 4) is 0 Å². The van der Waals surface area contributed by atoms with E-state index in [9.17, 15) is 9.59 Å². The molecule has 0 radical (unpaired) electrons. The first-order chi connectivity index (χ1) is 9.49. The van der Waals surface area contributed by atoms with Crippen LogP contribution < -0.4 is 11.1 Å². The fraction of sp³-hybridized carbons (Fsp3) is 0.867. The minimum atomic E-state index is -0.456. The lowest BCUT2D eigenvalue weighted by molar-refractivity contribution is -0.136. The van der Waals surface area contributed by atoms with E-state index in [0.717, 1.165) is 25.7 Å². The summed E-state index contributed by atoms with van der Waals surface area (Å²) in [6.45, 7) is 6.97. The van der Waals surface area contributed by atoms with Crippen molar-refractivity contribution in [2.45, 2.75) is 65.0 Å². The number of rotatable bonds is 6. The number of nitrogens with one attached hydrogen (secondary N) is 1. The number of amides is 2. The Labute approximate surface area is 122 Å². The number of nitrogens with two attached hydrogens (primary N) is 1. The molecule has 0 aromatic heterocycles. The average molecular weight is 283 g/mol. The predicted octanol–water partition coefficient (Wildman–Crippen LogP) is 1.27. The van der Waals surface area contributed by atoms with E-state index < -0.39 is 6.04 Å². The van der Waals surface area contributed by atoms with Crippen LogP contribution in [0.1, 0.15) is 52.9 Å². The van der Waals surface area contributed by atoms with E-state index in [1.54, 1.807) is 11.8 Å². The summed E-state index contributed by atoms with van der Waals surface area (Å²) in [5.41, 5.74) is 6.05. The average Bonchev–Trinajstić information content (AvgIpc) is 2.42. The zero-order valence-corrected chi connectivity index (χ0v) is 13.0. The second-order valence-corrected chi connectivity index (χ2v) is 5.71. The van der Waals surface area contributed by atoms with Crippen molar-refractivity contribution in [2.24, 2.45) is 11.7 Å². The van der Waals surface area contributed by atoms with Crippen LogP contribution in [0.5, 0.6) is 0 Å². The number of carbonyl (C=O) groups excluding carboxylic acids is 2. The van der Waals surface area contributed by atoms with E-state index in [-0.39, 0.29) is 23.8 Å². The summed E-state index contributed by atoms with van der Waals surface area (Å²) in [5.74, 6) is 0.191. The fourth-order valence-corrected chi connectivity index (χ4v) is 2.90. The van der Waals surface area contributed by atoms with Crippen LogP contribution >= 0.6 is 0 Å². The molecule has 0 bridgehead atoms. The van der Waals surface area contributed by atoms with Crippen molar-refractivity contribution in [3.05, 3.63) is 0 Å². The lowest BCUT2D eigenvalue weighted by Gasteiger charge is -2.29. The first-order valence-corrected chi connectivity index (χ1v) is 7.83. The Kier molecular flexibility index (Phi) is 6.99. The zero-order valence-electron chi connectivity index (χ0n) is 13.0. The first-order valence-electron chi connectivity index (χ1n) is 7.83. The molecule has 3 N–H and O–H groups in total. The van der Waals surface area contributed by atoms with Crippen LogP contribution in [-0.4, -0.2) is 41.9 Å². The Morgan fingerprint density at radius 2 is 1.85 bits per heavy atom. The highest BCUT2D eigenvalue weighted by Crippen LogP contribution is 2.25. The van der Waals surface area contributed by atoms with Gasteiger partial charge >= 0.3 is 0 Å². The molecule has 1 fully saturated rings. The van der Waals surface area contributed by atoms with Crippen LogP contribution in [0, 0.1) is 5.92 Å². The maximum absolute atomic E-state index is 12.1. The molecule has 1 saturated carbocycles. The summed E-state index contributed by atoms with van der Waals surface area (Å²) in [4.78, 5) is 25.9. The van der Waals surface area contributed by atoms with Gasteiger partial charge in [0.25, 0.3) is 0 Å². The minimum Gasteiger partial charge on any atom is -0.345 e. The molecule has 1 aliphatic carbocycles. The summed E-state index contributed by atoms with van der Waals surface area (Å²) < 4.78 is 0. The van der Waals surface area contributed by atoms with Crippen LogP contribution in [0.15, 0.2) is 0 Å². The monoisotopic (exact) mass is 283 g/mol. The molecular formula is C15H29N3O2. The maximum Gasteiger partial charge on any atom is 0.244 e. The van der Waals surface area contributed by atoms with Gasteiger partial charge in [0.2, 0.25) is 11.8 Å². The number of carbonyl (C=O) groups is 2. The number of hydrogen-bond acceptors (Lipinski definition) is 3. The summed E-state index contributed by atoms with van der Waals surface area (Å²) in [6.07, 6.45) is 4.78. The highest BCUT2D eigenvalue weighted by Gasteiger charge is 2.26. The van der Waals surface area contributed by atoms with E-state index in [4.69, 9.17) is 5.73 Å². The largest absolute Gasteiger partial charge is 0.345 e. The standard InChI is InChI=1S/C15H29N3O2/c1-4-18(5-2)15(20)11(3)17-14(19)10-12-8-6-7-9-13(12)16/h11-13H,4-10,16H2,1-3H3,(H,17,19). The van der Waals surface area contributed by atoms with Crippen LogP contribution in [-0.2, 0) is 9.59 Å². The molecule has 5 nitrogen and oxygen atoms in total. The third kappa shape index (κ3) is 4.78. The molecule has 2 amide bonds. The molecule has 0 heterocycles. The third-order valence-electron chi connectivity index (χ3n) is 4.24. The summed E-state index contributed by atoms with van der Waals surface area (Å²) >= 11 is 0. The lowest BCUT2D eigenvalue weighted by Crippen LogP contribution is -2.47. The molecule has 0 saturated heterocycles. The molecule has 3 atom stereocenters. The van der Waals surface area contributed by atoms with Crippen molar-refractivity contribution >= 4 is 11.8 Å². The Hall–Kier alpha value is -1.10. The Morgan fingerprint density at radius 1 is 1.25 bits per heavy atom. The highest BCUT2D eigenvalue weighted by atomic mass is 16.2. The zero-order chi connectivity index (χ0) is 15.1. The highest BCUT2D eigenvalue weighted by molar-refractivity contribution is 5.87. The number of hydrogen-bond donors (Lipinski definition) is 2. The quantitative estimate of drug-likeness (QED) is 0.770. The molecule has 0 aromatic carbocycles. The molecule has 0 aromatic rings. The van der Waals surface area contributed by atoms with E-state index in [2.05, 4.69) is 5.32 Å². The van der Waals surface area contributed by atoms with Gasteiger partial charge < -0.3 is 16.0 Å². The van der Waals surface area contributed by atoms with Crippen LogP contribution in [0.3, 0.4) is 0 Å². The summed E-state index contributed by atoms with van der Waals surface area (Å²) in [5, 5.41) is 2.81. The molecule has 20 heavy (non-hydrogen) atoms. The van der Waals surface area contributed by atoms with Gasteiger partial charge in [0, 0.05) is 25.6 Å². The van der Waals surface area contributed by atoms with E-state index in [1.165, 1.54) is 0 Å². The van der Waals surface area contributed by atoms with Gasteiger partial charge in [0.05, 0.1) is 0 Å². The Balaban J connectivity index is 2.42. The van der Waals surface area contributed by atoms with Crippen molar-refractivity contribution in [3.63, 3.8) is 0 Å². The fourth-order valence-electron chi connectivity index (χ4n) is 2.90. The molecule has 3 unspecified atom stereocenters. The SMILES string of the molecule is CCN(CC)C(=O)C(C)NC(=O)CC1CCCCC1N.